The van der Waals surface area contributed by atoms with Crippen LogP contribution in [0.25, 0.3) is 16.8 Å². The maximum Gasteiger partial charge on any atom is 0.196 e. The van der Waals surface area contributed by atoms with Crippen molar-refractivity contribution in [2.24, 2.45) is 0 Å². The third-order valence-electron chi connectivity index (χ3n) is 5.72. The largest absolute Gasteiger partial charge is 0.496 e. The molecule has 0 saturated heterocycles. The molecule has 8 heteroatoms. The number of nitrogens with zero attached hydrogens (tertiary/aromatic N) is 4. The molecule has 4 aromatic rings. The van der Waals surface area contributed by atoms with Crippen molar-refractivity contribution >= 4 is 17.1 Å². The lowest BCUT2D eigenvalue weighted by atomic mass is 9.82. The molecule has 0 bridgehead atoms. The zero-order valence-electron chi connectivity index (χ0n) is 16.9. The summed E-state index contributed by atoms with van der Waals surface area (Å²) in [7, 11) is 1.53. The van der Waals surface area contributed by atoms with E-state index in [2.05, 4.69) is 10.1 Å². The first-order valence-electron chi connectivity index (χ1n) is 10.0. The number of ketones is 1. The van der Waals surface area contributed by atoms with Crippen LogP contribution >= 0.6 is 0 Å². The Bertz CT molecular complexity index is 1280. The summed E-state index contributed by atoms with van der Waals surface area (Å²) >= 11 is 0. The summed E-state index contributed by atoms with van der Waals surface area (Å²) in [5.74, 6) is 1.49. The number of rotatable bonds is 5. The number of hydrogen-bond donors (Lipinski definition) is 2. The summed E-state index contributed by atoms with van der Waals surface area (Å²) in [5.41, 5.74) is 9.18. The summed E-state index contributed by atoms with van der Waals surface area (Å²) in [5, 5.41) is 14.1. The highest BCUT2D eigenvalue weighted by atomic mass is 16.5. The van der Waals surface area contributed by atoms with E-state index in [-0.39, 0.29) is 17.8 Å². The first-order valence-corrected chi connectivity index (χ1v) is 10.0. The Morgan fingerprint density at radius 1 is 1.19 bits per heavy atom. The smallest absolute Gasteiger partial charge is 0.196 e. The zero-order valence-corrected chi connectivity index (χ0v) is 16.9. The number of ether oxygens (including phenoxy) is 1. The van der Waals surface area contributed by atoms with Crippen LogP contribution in [0.15, 0.2) is 54.9 Å². The molecule has 2 aromatic heterocycles. The molecule has 156 valence electrons. The van der Waals surface area contributed by atoms with Gasteiger partial charge in [-0.1, -0.05) is 36.4 Å². The molecule has 2 heterocycles. The lowest BCUT2D eigenvalue weighted by Crippen LogP contribution is -2.28. The summed E-state index contributed by atoms with van der Waals surface area (Å²) in [4.78, 5) is 21.9. The normalized spacial score (nSPS) is 18.0. The van der Waals surface area contributed by atoms with E-state index in [0.717, 1.165) is 11.4 Å². The third kappa shape index (κ3) is 3.21. The highest BCUT2D eigenvalue weighted by Gasteiger charge is 2.33. The molecule has 0 atom stereocenters. The zero-order chi connectivity index (χ0) is 21.5. The quantitative estimate of drug-likeness (QED) is 0.482. The molecule has 1 aliphatic carbocycles. The van der Waals surface area contributed by atoms with Crippen LogP contribution in [-0.2, 0) is 0 Å². The minimum atomic E-state index is -0.316. The van der Waals surface area contributed by atoms with Gasteiger partial charge in [-0.3, -0.25) is 4.79 Å². The Hall–Kier alpha value is -3.78. The minimum Gasteiger partial charge on any atom is -0.496 e. The molecule has 1 fully saturated rings. The predicted octanol–water partition coefficient (Wildman–Crippen LogP) is 2.85. The summed E-state index contributed by atoms with van der Waals surface area (Å²) in [6.07, 6.45) is 2.35. The number of carbonyl (C=O) groups is 1. The van der Waals surface area contributed by atoms with Gasteiger partial charge in [-0.25, -0.2) is 14.5 Å². The molecule has 2 aromatic carbocycles. The second kappa shape index (κ2) is 7.48. The van der Waals surface area contributed by atoms with Crippen molar-refractivity contribution in [3.8, 4) is 17.0 Å². The highest BCUT2D eigenvalue weighted by Crippen LogP contribution is 2.39. The Morgan fingerprint density at radius 3 is 2.68 bits per heavy atom. The molecular weight excluding hydrogens is 394 g/mol. The third-order valence-corrected chi connectivity index (χ3v) is 5.72. The first-order chi connectivity index (χ1) is 15.1. The van der Waals surface area contributed by atoms with Crippen molar-refractivity contribution in [1.82, 2.24) is 19.6 Å². The van der Waals surface area contributed by atoms with Gasteiger partial charge in [-0.15, -0.1) is 0 Å². The molecule has 0 spiro atoms. The number of methoxy groups -OCH3 is 1. The van der Waals surface area contributed by atoms with Gasteiger partial charge in [0.15, 0.2) is 11.6 Å². The van der Waals surface area contributed by atoms with Gasteiger partial charge < -0.3 is 15.6 Å². The van der Waals surface area contributed by atoms with Crippen LogP contribution in [0.2, 0.25) is 0 Å². The van der Waals surface area contributed by atoms with Crippen LogP contribution in [-0.4, -0.2) is 43.7 Å². The number of aliphatic hydroxyl groups is 1. The van der Waals surface area contributed by atoms with E-state index >= 15 is 0 Å². The average molecular weight is 415 g/mol. The molecule has 0 amide bonds. The number of imidazole rings is 1. The second-order valence-corrected chi connectivity index (χ2v) is 7.66. The van der Waals surface area contributed by atoms with Gasteiger partial charge in [-0.2, -0.15) is 5.10 Å². The second-order valence-electron chi connectivity index (χ2n) is 7.66. The number of carbonyl (C=O) groups excluding carboxylic acids is 1. The number of fused-ring (bicyclic) bond motifs is 1. The van der Waals surface area contributed by atoms with E-state index in [0.29, 0.717) is 46.7 Å². The lowest BCUT2D eigenvalue weighted by Gasteiger charge is -2.29. The number of nitrogen functional groups attached to an aromatic ring is 1. The van der Waals surface area contributed by atoms with E-state index < -0.39 is 0 Å². The van der Waals surface area contributed by atoms with Gasteiger partial charge in [0.2, 0.25) is 0 Å². The molecule has 31 heavy (non-hydrogen) atoms. The molecule has 0 unspecified atom stereocenters. The number of benzene rings is 2. The fourth-order valence-electron chi connectivity index (χ4n) is 4.01. The van der Waals surface area contributed by atoms with Gasteiger partial charge in [0.05, 0.1) is 18.8 Å². The Morgan fingerprint density at radius 2 is 1.97 bits per heavy atom. The fourth-order valence-corrected chi connectivity index (χ4v) is 4.01. The van der Waals surface area contributed by atoms with Gasteiger partial charge in [-0.05, 0) is 25.0 Å². The van der Waals surface area contributed by atoms with Gasteiger partial charge in [0.25, 0.3) is 0 Å². The Labute approximate surface area is 178 Å². The van der Waals surface area contributed by atoms with Crippen molar-refractivity contribution in [2.45, 2.75) is 24.9 Å². The van der Waals surface area contributed by atoms with Crippen molar-refractivity contribution in [3.63, 3.8) is 0 Å². The van der Waals surface area contributed by atoms with Crippen LogP contribution < -0.4 is 10.5 Å². The van der Waals surface area contributed by atoms with Gasteiger partial charge in [0, 0.05) is 17.0 Å². The number of nitrogens with two attached hydrogens (primary N) is 1. The van der Waals surface area contributed by atoms with Crippen LogP contribution in [0.5, 0.6) is 5.75 Å². The molecule has 3 N–H and O–H groups in total. The fraction of sp³-hybridized carbons (Fsp3) is 0.217. The van der Waals surface area contributed by atoms with E-state index in [1.165, 1.54) is 13.4 Å². The summed E-state index contributed by atoms with van der Waals surface area (Å²) < 4.78 is 7.24. The molecule has 1 saturated carbocycles. The number of anilines is 1. The molecule has 8 nitrogen and oxygen atoms in total. The molecule has 1 aliphatic rings. The standard InChI is InChI=1S/C23H21N5O3/c1-31-18-11-14(7-8-17(18)21(30)13-5-3-2-4-6-13)19-20-22(24)25-12-26-28(20)23(27-19)15-9-16(29)10-15/h2-8,11-12,15-16,29H,9-10H2,1H3,(H2,24,25,26). The highest BCUT2D eigenvalue weighted by molar-refractivity contribution is 6.11. The van der Waals surface area contributed by atoms with Crippen molar-refractivity contribution in [3.05, 3.63) is 71.8 Å². The first kappa shape index (κ1) is 19.2. The van der Waals surface area contributed by atoms with Crippen LogP contribution in [0, 0.1) is 0 Å². The van der Waals surface area contributed by atoms with Gasteiger partial charge >= 0.3 is 0 Å². The van der Waals surface area contributed by atoms with E-state index in [1.54, 1.807) is 28.8 Å². The molecule has 0 radical (unpaired) electrons. The summed E-state index contributed by atoms with van der Waals surface area (Å²) in [6, 6.07) is 14.4. The van der Waals surface area contributed by atoms with Crippen molar-refractivity contribution < 1.29 is 14.6 Å². The van der Waals surface area contributed by atoms with E-state index in [9.17, 15) is 9.90 Å². The number of aromatic nitrogens is 4. The predicted molar refractivity (Wildman–Crippen MR) is 115 cm³/mol. The maximum absolute atomic E-state index is 12.9. The van der Waals surface area contributed by atoms with Crippen molar-refractivity contribution in [2.75, 3.05) is 12.8 Å². The van der Waals surface area contributed by atoms with Crippen LogP contribution in [0.1, 0.15) is 40.5 Å². The maximum atomic E-state index is 12.9. The van der Waals surface area contributed by atoms with Crippen LogP contribution in [0.4, 0.5) is 5.82 Å². The number of hydrogen-bond acceptors (Lipinski definition) is 7. The molecule has 5 rings (SSSR count). The summed E-state index contributed by atoms with van der Waals surface area (Å²) in [6.45, 7) is 0. The topological polar surface area (TPSA) is 116 Å². The Kier molecular flexibility index (Phi) is 4.63. The van der Waals surface area contributed by atoms with Crippen LogP contribution in [0.3, 0.4) is 0 Å². The SMILES string of the molecule is COc1cc(-c2nc(C3CC(O)C3)n3ncnc(N)c23)ccc1C(=O)c1ccccc1. The average Bonchev–Trinajstić information content (AvgIpc) is 3.17. The van der Waals surface area contributed by atoms with Crippen molar-refractivity contribution in [1.29, 1.82) is 0 Å². The van der Waals surface area contributed by atoms with Gasteiger partial charge in [0.1, 0.15) is 29.1 Å². The molecule has 0 aliphatic heterocycles. The Balaban J connectivity index is 1.62. The molecular formula is C23H21N5O3. The number of aliphatic hydroxyl groups excluding tert-OH is 1. The van der Waals surface area contributed by atoms with E-state index in [4.69, 9.17) is 15.5 Å². The lowest BCUT2D eigenvalue weighted by molar-refractivity contribution is 0.0711. The minimum absolute atomic E-state index is 0.103. The van der Waals surface area contributed by atoms with E-state index in [1.807, 2.05) is 24.3 Å². The monoisotopic (exact) mass is 415 g/mol.